The summed E-state index contributed by atoms with van der Waals surface area (Å²) in [6.07, 6.45) is 0. The molecule has 0 aromatic carbocycles. The Bertz CT molecular complexity index is 1000. The highest BCUT2D eigenvalue weighted by Gasteiger charge is 2.45. The Kier molecular flexibility index (Phi) is 5.77. The number of amides is 1. The molecule has 1 fully saturated rings. The number of hydrogen-bond acceptors (Lipinski definition) is 8. The molecule has 0 bridgehead atoms. The lowest BCUT2D eigenvalue weighted by atomic mass is 9.99. The van der Waals surface area contributed by atoms with Crippen molar-refractivity contribution in [2.75, 3.05) is 39.4 Å². The molecule has 1 atom stereocenters. The first-order chi connectivity index (χ1) is 14.4. The van der Waals surface area contributed by atoms with Crippen LogP contribution in [0.2, 0.25) is 0 Å². The van der Waals surface area contributed by atoms with Gasteiger partial charge in [0.1, 0.15) is 17.6 Å². The number of carbonyl (C=O) groups excluding carboxylic acids is 2. The Morgan fingerprint density at radius 2 is 1.97 bits per heavy atom. The van der Waals surface area contributed by atoms with E-state index in [4.69, 9.17) is 9.15 Å². The number of carbonyl (C=O) groups is 2. The molecule has 9 heteroatoms. The summed E-state index contributed by atoms with van der Waals surface area (Å²) in [5.41, 5.74) is 0.652. The van der Waals surface area contributed by atoms with Gasteiger partial charge in [-0.15, -0.1) is 11.3 Å². The molecule has 2 aliphatic rings. The Morgan fingerprint density at radius 3 is 2.57 bits per heavy atom. The Hall–Kier alpha value is -2.49. The molecule has 0 radical (unpaired) electrons. The minimum Gasteiger partial charge on any atom is -0.503 e. The van der Waals surface area contributed by atoms with Crippen LogP contribution >= 0.6 is 11.3 Å². The maximum atomic E-state index is 13.4. The van der Waals surface area contributed by atoms with Crippen LogP contribution in [0, 0.1) is 20.8 Å². The van der Waals surface area contributed by atoms with Crippen molar-refractivity contribution in [2.45, 2.75) is 26.8 Å². The molecule has 4 rings (SSSR count). The lowest BCUT2D eigenvalue weighted by Gasteiger charge is -2.30. The molecule has 0 aliphatic carbocycles. The van der Waals surface area contributed by atoms with Gasteiger partial charge in [0.25, 0.3) is 5.91 Å². The molecule has 2 aliphatic heterocycles. The van der Waals surface area contributed by atoms with Gasteiger partial charge in [0.2, 0.25) is 5.78 Å². The summed E-state index contributed by atoms with van der Waals surface area (Å²) in [7, 11) is 0. The summed E-state index contributed by atoms with van der Waals surface area (Å²) < 4.78 is 11.2. The number of aliphatic hydroxyl groups is 1. The van der Waals surface area contributed by atoms with E-state index in [-0.39, 0.29) is 11.4 Å². The molecule has 2 aromatic rings. The van der Waals surface area contributed by atoms with E-state index >= 15 is 0 Å². The van der Waals surface area contributed by atoms with Crippen molar-refractivity contribution in [1.82, 2.24) is 14.8 Å². The highest BCUT2D eigenvalue weighted by Crippen LogP contribution is 2.40. The zero-order chi connectivity index (χ0) is 21.4. The molecule has 0 saturated carbocycles. The van der Waals surface area contributed by atoms with E-state index in [1.165, 1.54) is 16.2 Å². The van der Waals surface area contributed by atoms with Gasteiger partial charge in [0.15, 0.2) is 5.76 Å². The molecule has 160 valence electrons. The van der Waals surface area contributed by atoms with Gasteiger partial charge >= 0.3 is 0 Å². The topological polar surface area (TPSA) is 96.1 Å². The van der Waals surface area contributed by atoms with Gasteiger partial charge in [-0.3, -0.25) is 14.5 Å². The quantitative estimate of drug-likeness (QED) is 0.702. The standard InChI is InChI=1S/C21H25N3O5S/c1-12-4-5-15(29-12)17-16(18(25)20-13(2)22-14(3)30-20)19(26)21(27)24(17)7-6-23-8-10-28-11-9-23/h4-5,17,26H,6-11H2,1-3H3/t17-/m0/s1. The summed E-state index contributed by atoms with van der Waals surface area (Å²) in [5.74, 6) is -0.296. The van der Waals surface area contributed by atoms with E-state index in [1.807, 2.05) is 6.92 Å². The maximum absolute atomic E-state index is 13.4. The fourth-order valence-electron chi connectivity index (χ4n) is 3.95. The van der Waals surface area contributed by atoms with Crippen molar-refractivity contribution in [2.24, 2.45) is 0 Å². The van der Waals surface area contributed by atoms with Crippen LogP contribution in [-0.2, 0) is 9.53 Å². The molecule has 30 heavy (non-hydrogen) atoms. The van der Waals surface area contributed by atoms with Gasteiger partial charge in [0.05, 0.1) is 34.4 Å². The molecular weight excluding hydrogens is 406 g/mol. The number of aromatic nitrogens is 1. The average Bonchev–Trinajstić information content (AvgIpc) is 3.37. The fraction of sp³-hybridized carbons (Fsp3) is 0.476. The van der Waals surface area contributed by atoms with Crippen LogP contribution in [0.3, 0.4) is 0 Å². The number of aryl methyl sites for hydroxylation is 3. The van der Waals surface area contributed by atoms with Crippen LogP contribution in [0.15, 0.2) is 27.9 Å². The molecule has 1 N–H and O–H groups in total. The number of thiazole rings is 1. The van der Waals surface area contributed by atoms with Gasteiger partial charge in [0, 0.05) is 26.2 Å². The molecule has 0 unspecified atom stereocenters. The summed E-state index contributed by atoms with van der Waals surface area (Å²) in [4.78, 5) is 34.8. The average molecular weight is 432 g/mol. The molecule has 1 amide bonds. The van der Waals surface area contributed by atoms with Crippen molar-refractivity contribution >= 4 is 23.0 Å². The van der Waals surface area contributed by atoms with Gasteiger partial charge < -0.3 is 19.2 Å². The van der Waals surface area contributed by atoms with Gasteiger partial charge in [-0.1, -0.05) is 0 Å². The first kappa shape index (κ1) is 20.8. The second-order valence-electron chi connectivity index (χ2n) is 7.54. The van der Waals surface area contributed by atoms with Crippen molar-refractivity contribution < 1.29 is 23.8 Å². The van der Waals surface area contributed by atoms with Crippen LogP contribution in [-0.4, -0.2) is 71.0 Å². The summed E-state index contributed by atoms with van der Waals surface area (Å²) in [6, 6.07) is 2.78. The molecule has 2 aromatic heterocycles. The van der Waals surface area contributed by atoms with Gasteiger partial charge in [-0.25, -0.2) is 4.98 Å². The number of rotatable bonds is 6. The maximum Gasteiger partial charge on any atom is 0.290 e. The second kappa shape index (κ2) is 8.33. The molecule has 1 saturated heterocycles. The zero-order valence-electron chi connectivity index (χ0n) is 17.3. The van der Waals surface area contributed by atoms with E-state index in [0.717, 1.165) is 18.1 Å². The largest absolute Gasteiger partial charge is 0.503 e. The van der Waals surface area contributed by atoms with E-state index in [1.54, 1.807) is 26.0 Å². The van der Waals surface area contributed by atoms with Crippen LogP contribution in [0.1, 0.15) is 37.9 Å². The van der Waals surface area contributed by atoms with Crippen molar-refractivity contribution in [1.29, 1.82) is 0 Å². The number of hydrogen-bond donors (Lipinski definition) is 1. The minimum absolute atomic E-state index is 0.0584. The van der Waals surface area contributed by atoms with E-state index < -0.39 is 17.7 Å². The second-order valence-corrected chi connectivity index (χ2v) is 8.75. The van der Waals surface area contributed by atoms with Crippen molar-refractivity contribution in [3.05, 3.63) is 50.6 Å². The van der Waals surface area contributed by atoms with E-state index in [2.05, 4.69) is 9.88 Å². The first-order valence-corrected chi connectivity index (χ1v) is 10.8. The number of morpholine rings is 1. The predicted octanol–water partition coefficient (Wildman–Crippen LogP) is 2.57. The number of nitrogens with zero attached hydrogens (tertiary/aromatic N) is 3. The van der Waals surface area contributed by atoms with Gasteiger partial charge in [-0.05, 0) is 32.9 Å². The minimum atomic E-state index is -0.762. The van der Waals surface area contributed by atoms with Crippen LogP contribution in [0.5, 0.6) is 0 Å². The smallest absolute Gasteiger partial charge is 0.290 e. The van der Waals surface area contributed by atoms with Crippen LogP contribution in [0.4, 0.5) is 0 Å². The van der Waals surface area contributed by atoms with Crippen LogP contribution in [0.25, 0.3) is 0 Å². The third-order valence-corrected chi connectivity index (χ3v) is 6.52. The summed E-state index contributed by atoms with van der Waals surface area (Å²) >= 11 is 1.26. The Labute approximate surface area is 178 Å². The lowest BCUT2D eigenvalue weighted by Crippen LogP contribution is -2.43. The fourth-order valence-corrected chi connectivity index (χ4v) is 4.82. The first-order valence-electron chi connectivity index (χ1n) is 9.96. The highest BCUT2D eigenvalue weighted by atomic mass is 32.1. The number of Topliss-reactive ketones (excluding diaryl/α,β-unsaturated/α-hetero) is 1. The SMILES string of the molecule is Cc1ccc([C@H]2C(C(=O)c3sc(C)nc3C)=C(O)C(=O)N2CCN2CCOCC2)o1. The summed E-state index contributed by atoms with van der Waals surface area (Å²) in [6.45, 7) is 9.27. The Balaban J connectivity index is 1.67. The predicted molar refractivity (Wildman–Crippen MR) is 111 cm³/mol. The third-order valence-electron chi connectivity index (χ3n) is 5.45. The van der Waals surface area contributed by atoms with Crippen molar-refractivity contribution in [3.63, 3.8) is 0 Å². The zero-order valence-corrected chi connectivity index (χ0v) is 18.1. The highest BCUT2D eigenvalue weighted by molar-refractivity contribution is 7.14. The molecular formula is C21H25N3O5S. The lowest BCUT2D eigenvalue weighted by molar-refractivity contribution is -0.130. The molecule has 8 nitrogen and oxygen atoms in total. The molecule has 4 heterocycles. The number of ether oxygens (including phenoxy) is 1. The third kappa shape index (κ3) is 3.80. The monoisotopic (exact) mass is 431 g/mol. The number of aliphatic hydroxyl groups excluding tert-OH is 1. The van der Waals surface area contributed by atoms with E-state index in [9.17, 15) is 14.7 Å². The number of furan rings is 1. The molecule has 0 spiro atoms. The van der Waals surface area contributed by atoms with Crippen LogP contribution < -0.4 is 0 Å². The summed E-state index contributed by atoms with van der Waals surface area (Å²) in [5, 5.41) is 11.5. The number of ketones is 1. The normalized spacial score (nSPS) is 20.4. The Morgan fingerprint density at radius 1 is 1.23 bits per heavy atom. The van der Waals surface area contributed by atoms with Gasteiger partial charge in [-0.2, -0.15) is 0 Å². The van der Waals surface area contributed by atoms with E-state index in [0.29, 0.717) is 48.4 Å². The van der Waals surface area contributed by atoms with Crippen molar-refractivity contribution in [3.8, 4) is 0 Å².